The number of nitrogens with zero attached hydrogens (tertiary/aromatic N) is 2. The maximum atomic E-state index is 12.1. The van der Waals surface area contributed by atoms with Gasteiger partial charge in [-0.1, -0.05) is 0 Å². The zero-order chi connectivity index (χ0) is 14.3. The lowest BCUT2D eigenvalue weighted by atomic mass is 10.2. The van der Waals surface area contributed by atoms with Crippen molar-refractivity contribution < 1.29 is 9.72 Å². The highest BCUT2D eigenvalue weighted by atomic mass is 32.1. The summed E-state index contributed by atoms with van der Waals surface area (Å²) in [5.74, 6) is -0.0974. The molecule has 1 aromatic heterocycles. The first-order chi connectivity index (χ1) is 9.61. The summed E-state index contributed by atoms with van der Waals surface area (Å²) in [6.07, 6.45) is 0. The third-order valence-electron chi connectivity index (χ3n) is 3.43. The lowest BCUT2D eigenvalue weighted by Crippen LogP contribution is -2.29. The van der Waals surface area contributed by atoms with Crippen LogP contribution in [0.25, 0.3) is 10.1 Å². The Morgan fingerprint density at radius 2 is 2.30 bits per heavy atom. The Kier molecular flexibility index (Phi) is 3.06. The molecule has 0 bridgehead atoms. The molecule has 0 fully saturated rings. The van der Waals surface area contributed by atoms with Crippen LogP contribution >= 0.6 is 11.3 Å². The number of nitro groups is 1. The highest BCUT2D eigenvalue weighted by Crippen LogP contribution is 2.40. The summed E-state index contributed by atoms with van der Waals surface area (Å²) < 4.78 is 0.899. The van der Waals surface area contributed by atoms with E-state index >= 15 is 0 Å². The highest BCUT2D eigenvalue weighted by molar-refractivity contribution is 7.21. The molecule has 1 amide bonds. The summed E-state index contributed by atoms with van der Waals surface area (Å²) >= 11 is 1.38. The molecule has 1 N–H and O–H groups in total. The van der Waals surface area contributed by atoms with Gasteiger partial charge in [-0.15, -0.1) is 11.3 Å². The van der Waals surface area contributed by atoms with Crippen molar-refractivity contribution >= 4 is 38.7 Å². The van der Waals surface area contributed by atoms with Crippen LogP contribution in [0, 0.1) is 10.1 Å². The van der Waals surface area contributed by atoms with Crippen LogP contribution in [0.4, 0.5) is 11.4 Å². The van der Waals surface area contributed by atoms with Gasteiger partial charge in [-0.2, -0.15) is 0 Å². The van der Waals surface area contributed by atoms with Crippen molar-refractivity contribution in [2.24, 2.45) is 0 Å². The molecule has 1 aliphatic heterocycles. The fraction of sp³-hybridized carbons (Fsp3) is 0.308. The van der Waals surface area contributed by atoms with Gasteiger partial charge >= 0.3 is 0 Å². The number of anilines is 1. The highest BCUT2D eigenvalue weighted by Gasteiger charge is 2.26. The number of fused-ring (bicyclic) bond motifs is 3. The number of carbonyl (C=O) groups excluding carboxylic acids is 1. The summed E-state index contributed by atoms with van der Waals surface area (Å²) in [7, 11) is 0. The fourth-order valence-electron chi connectivity index (χ4n) is 2.47. The summed E-state index contributed by atoms with van der Waals surface area (Å²) in [4.78, 5) is 25.4. The quantitative estimate of drug-likeness (QED) is 0.681. The molecule has 0 unspecified atom stereocenters. The number of carbonyl (C=O) groups is 1. The minimum atomic E-state index is -0.406. The molecule has 6 nitrogen and oxygen atoms in total. The van der Waals surface area contributed by atoms with Crippen LogP contribution in [-0.4, -0.2) is 30.5 Å². The molecular weight excluding hydrogens is 278 g/mol. The van der Waals surface area contributed by atoms with Crippen LogP contribution in [0.3, 0.4) is 0 Å². The summed E-state index contributed by atoms with van der Waals surface area (Å²) in [6.45, 7) is 4.07. The molecule has 0 radical (unpaired) electrons. The van der Waals surface area contributed by atoms with E-state index in [0.29, 0.717) is 18.0 Å². The van der Waals surface area contributed by atoms with Gasteiger partial charge in [0.05, 0.1) is 10.6 Å². The lowest BCUT2D eigenvalue weighted by molar-refractivity contribution is -0.384. The number of benzene rings is 1. The van der Waals surface area contributed by atoms with Crippen LogP contribution in [0.2, 0.25) is 0 Å². The predicted molar refractivity (Wildman–Crippen MR) is 78.7 cm³/mol. The third kappa shape index (κ3) is 1.90. The molecule has 0 aliphatic carbocycles. The molecule has 1 aromatic carbocycles. The molecular formula is C13H13N3O3S. The molecule has 1 aliphatic rings. The molecule has 3 rings (SSSR count). The van der Waals surface area contributed by atoms with Crippen molar-refractivity contribution in [1.82, 2.24) is 5.32 Å². The van der Waals surface area contributed by atoms with Gasteiger partial charge in [-0.05, 0) is 13.0 Å². The summed E-state index contributed by atoms with van der Waals surface area (Å²) in [6, 6.07) is 4.76. The molecule has 104 valence electrons. The number of hydrogen-bond acceptors (Lipinski definition) is 5. The Labute approximate surface area is 119 Å². The average Bonchev–Trinajstić information content (AvgIpc) is 2.74. The number of non-ortho nitro benzene ring substituents is 1. The van der Waals surface area contributed by atoms with Crippen LogP contribution in [0.5, 0.6) is 0 Å². The molecule has 2 aromatic rings. The molecule has 7 heteroatoms. The molecule has 20 heavy (non-hydrogen) atoms. The number of rotatable bonds is 2. The minimum Gasteiger partial charge on any atom is -0.368 e. The Morgan fingerprint density at radius 1 is 1.50 bits per heavy atom. The van der Waals surface area contributed by atoms with E-state index in [2.05, 4.69) is 10.2 Å². The predicted octanol–water partition coefficient (Wildman–Crippen LogP) is 2.38. The summed E-state index contributed by atoms with van der Waals surface area (Å²) in [5.41, 5.74) is 0.880. The monoisotopic (exact) mass is 291 g/mol. The Morgan fingerprint density at radius 3 is 3.00 bits per heavy atom. The number of likely N-dealkylation sites (N-methyl/N-ethyl adjacent to an activating group) is 1. The number of amides is 1. The van der Waals surface area contributed by atoms with Gasteiger partial charge in [0.1, 0.15) is 4.88 Å². The van der Waals surface area contributed by atoms with Gasteiger partial charge in [0.2, 0.25) is 0 Å². The summed E-state index contributed by atoms with van der Waals surface area (Å²) in [5, 5.41) is 14.6. The zero-order valence-electron chi connectivity index (χ0n) is 10.9. The van der Waals surface area contributed by atoms with Crippen LogP contribution in [0.1, 0.15) is 16.6 Å². The van der Waals surface area contributed by atoms with E-state index in [9.17, 15) is 14.9 Å². The fourth-order valence-corrected chi connectivity index (χ4v) is 3.59. The van der Waals surface area contributed by atoms with Crippen molar-refractivity contribution in [3.05, 3.63) is 33.2 Å². The topological polar surface area (TPSA) is 75.5 Å². The largest absolute Gasteiger partial charge is 0.368 e. The maximum Gasteiger partial charge on any atom is 0.270 e. The molecule has 2 heterocycles. The van der Waals surface area contributed by atoms with Gasteiger partial charge in [0, 0.05) is 41.9 Å². The first kappa shape index (κ1) is 12.9. The van der Waals surface area contributed by atoms with Gasteiger partial charge in [0.25, 0.3) is 11.6 Å². The van der Waals surface area contributed by atoms with Gasteiger partial charge < -0.3 is 10.2 Å². The lowest BCUT2D eigenvalue weighted by Gasteiger charge is -2.20. The van der Waals surface area contributed by atoms with E-state index in [4.69, 9.17) is 0 Å². The van der Waals surface area contributed by atoms with Crippen molar-refractivity contribution in [1.29, 1.82) is 0 Å². The van der Waals surface area contributed by atoms with Gasteiger partial charge in [-0.3, -0.25) is 14.9 Å². The number of thiophene rings is 1. The first-order valence-corrected chi connectivity index (χ1v) is 7.17. The van der Waals surface area contributed by atoms with Crippen molar-refractivity contribution in [3.63, 3.8) is 0 Å². The molecule has 0 saturated heterocycles. The zero-order valence-corrected chi connectivity index (χ0v) is 11.7. The third-order valence-corrected chi connectivity index (χ3v) is 4.59. The Hall–Kier alpha value is -2.15. The van der Waals surface area contributed by atoms with Crippen LogP contribution in [0.15, 0.2) is 18.2 Å². The van der Waals surface area contributed by atoms with Gasteiger partial charge in [0.15, 0.2) is 0 Å². The Bertz CT molecular complexity index is 710. The molecule has 0 spiro atoms. The first-order valence-electron chi connectivity index (χ1n) is 6.36. The SMILES string of the molecule is CCN1CCNC(=O)c2sc3ccc([N+](=O)[O-])cc3c21. The molecule has 0 atom stereocenters. The van der Waals surface area contributed by atoms with Gasteiger partial charge in [-0.25, -0.2) is 0 Å². The Balaban J connectivity index is 2.29. The average molecular weight is 291 g/mol. The van der Waals surface area contributed by atoms with E-state index in [1.54, 1.807) is 12.1 Å². The second kappa shape index (κ2) is 4.75. The minimum absolute atomic E-state index is 0.0545. The number of hydrogen-bond donors (Lipinski definition) is 1. The standard InChI is InChI=1S/C13H13N3O3S/c1-2-15-6-5-14-13(17)12-11(15)9-7-8(16(18)19)3-4-10(9)20-12/h3-4,7H,2,5-6H2,1H3,(H,14,17). The molecule has 0 saturated carbocycles. The van der Waals surface area contributed by atoms with Crippen molar-refractivity contribution in [2.75, 3.05) is 24.5 Å². The van der Waals surface area contributed by atoms with E-state index < -0.39 is 4.92 Å². The number of nitro benzene ring substituents is 1. The smallest absolute Gasteiger partial charge is 0.270 e. The normalized spacial score (nSPS) is 14.8. The van der Waals surface area contributed by atoms with Crippen LogP contribution < -0.4 is 10.2 Å². The second-order valence-corrected chi connectivity index (χ2v) is 5.61. The van der Waals surface area contributed by atoms with E-state index in [1.165, 1.54) is 17.4 Å². The van der Waals surface area contributed by atoms with E-state index in [-0.39, 0.29) is 11.6 Å². The second-order valence-electron chi connectivity index (χ2n) is 4.55. The number of nitrogens with one attached hydrogen (secondary N) is 1. The van der Waals surface area contributed by atoms with Crippen molar-refractivity contribution in [3.8, 4) is 0 Å². The van der Waals surface area contributed by atoms with Crippen LogP contribution in [-0.2, 0) is 0 Å². The van der Waals surface area contributed by atoms with E-state index in [0.717, 1.165) is 22.3 Å². The van der Waals surface area contributed by atoms with Crippen molar-refractivity contribution in [2.45, 2.75) is 6.92 Å². The maximum absolute atomic E-state index is 12.1. The van der Waals surface area contributed by atoms with E-state index in [1.807, 2.05) is 6.92 Å².